The summed E-state index contributed by atoms with van der Waals surface area (Å²) in [5, 5.41) is 104. The van der Waals surface area contributed by atoms with Crippen LogP contribution in [0.2, 0.25) is 0 Å². The first-order chi connectivity index (χ1) is 22.7. The van der Waals surface area contributed by atoms with Gasteiger partial charge >= 0.3 is 0 Å². The predicted molar refractivity (Wildman–Crippen MR) is 162 cm³/mol. The van der Waals surface area contributed by atoms with Crippen molar-refractivity contribution in [1.82, 2.24) is 0 Å². The molecule has 0 aliphatic carbocycles. The van der Waals surface area contributed by atoms with Gasteiger partial charge in [-0.05, 0) is 49.2 Å². The van der Waals surface area contributed by atoms with Crippen LogP contribution in [0.25, 0.3) is 12.2 Å². The first kappa shape index (κ1) is 36.3. The molecule has 16 nitrogen and oxygen atoms in total. The van der Waals surface area contributed by atoms with Crippen molar-refractivity contribution in [1.29, 1.82) is 0 Å². The van der Waals surface area contributed by atoms with Crippen LogP contribution in [0.3, 0.4) is 0 Å². The number of aliphatic hydroxyl groups is 8. The molecule has 3 heterocycles. The monoisotopic (exact) mass is 682 g/mol. The Balaban J connectivity index is 1.37. The van der Waals surface area contributed by atoms with Crippen LogP contribution in [0, 0.1) is 0 Å². The fraction of sp³-hybridized carbons (Fsp3) is 0.562. The lowest BCUT2D eigenvalue weighted by Gasteiger charge is -2.46. The Labute approximate surface area is 275 Å². The fourth-order valence-electron chi connectivity index (χ4n) is 5.59. The molecule has 0 spiro atoms. The van der Waals surface area contributed by atoms with E-state index in [1.54, 1.807) is 24.3 Å². The summed E-state index contributed by atoms with van der Waals surface area (Å²) < 4.78 is 34.3. The minimum atomic E-state index is -1.80. The molecular formula is C32H42O16. The Bertz CT molecular complexity index is 1370. The van der Waals surface area contributed by atoms with E-state index in [9.17, 15) is 51.1 Å². The van der Waals surface area contributed by atoms with Crippen molar-refractivity contribution in [2.45, 2.75) is 106 Å². The van der Waals surface area contributed by atoms with Crippen molar-refractivity contribution in [2.75, 3.05) is 6.61 Å². The molecule has 3 aliphatic rings. The molecule has 0 amide bonds. The Hall–Kier alpha value is -2.94. The number of phenols is 2. The van der Waals surface area contributed by atoms with Crippen LogP contribution in [-0.2, 0) is 23.7 Å². The van der Waals surface area contributed by atoms with Crippen LogP contribution in [0.15, 0.2) is 42.5 Å². The molecule has 0 aromatic heterocycles. The average Bonchev–Trinajstić information content (AvgIpc) is 3.05. The third-order valence-electron chi connectivity index (χ3n) is 8.50. The Morgan fingerprint density at radius 3 is 1.81 bits per heavy atom. The van der Waals surface area contributed by atoms with Gasteiger partial charge in [0.05, 0.1) is 18.8 Å². The second-order valence-electron chi connectivity index (χ2n) is 12.1. The summed E-state index contributed by atoms with van der Waals surface area (Å²) in [6.45, 7) is 2.37. The molecule has 2 aromatic rings. The fourth-order valence-corrected chi connectivity index (χ4v) is 5.59. The van der Waals surface area contributed by atoms with Crippen molar-refractivity contribution in [3.05, 3.63) is 53.6 Å². The first-order valence-corrected chi connectivity index (χ1v) is 15.4. The SMILES string of the molecule is C[C@@H]1O[C@@H](OC[C@H]2O[C@@H](Oc3cc(O)cc(/C=C\c4ccc(O)cc4)c3)[C@H](O[C@@H]3O[C@@H](C)[C@H](O)[C@@H](O)[C@H]3O)[C@@H](O)[C@@H]2O)[C@H](O)[C@H](O)[C@H]1O. The third kappa shape index (κ3) is 8.09. The minimum Gasteiger partial charge on any atom is -0.508 e. The molecular weight excluding hydrogens is 640 g/mol. The molecule has 0 unspecified atom stereocenters. The van der Waals surface area contributed by atoms with E-state index >= 15 is 0 Å². The molecule has 48 heavy (non-hydrogen) atoms. The van der Waals surface area contributed by atoms with E-state index in [-0.39, 0.29) is 17.2 Å². The third-order valence-corrected chi connectivity index (χ3v) is 8.50. The van der Waals surface area contributed by atoms with E-state index in [0.717, 1.165) is 5.56 Å². The molecule has 16 heteroatoms. The average molecular weight is 683 g/mol. The van der Waals surface area contributed by atoms with Crippen LogP contribution in [0.1, 0.15) is 25.0 Å². The summed E-state index contributed by atoms with van der Waals surface area (Å²) in [7, 11) is 0. The summed E-state index contributed by atoms with van der Waals surface area (Å²) in [5.74, 6) is -0.0878. The molecule has 10 N–H and O–H groups in total. The number of aromatic hydroxyl groups is 2. The second-order valence-corrected chi connectivity index (χ2v) is 12.1. The molecule has 0 saturated carbocycles. The van der Waals surface area contributed by atoms with Gasteiger partial charge in [0.15, 0.2) is 18.7 Å². The van der Waals surface area contributed by atoms with Crippen LogP contribution < -0.4 is 4.74 Å². The van der Waals surface area contributed by atoms with Crippen molar-refractivity contribution in [3.63, 3.8) is 0 Å². The highest BCUT2D eigenvalue weighted by molar-refractivity contribution is 5.71. The number of phenolic OH excluding ortho intramolecular Hbond substituents is 2. The number of hydrogen-bond donors (Lipinski definition) is 10. The van der Waals surface area contributed by atoms with E-state index in [1.165, 1.54) is 44.2 Å². The normalized spacial score (nSPS) is 40.6. The molecule has 3 saturated heterocycles. The van der Waals surface area contributed by atoms with Gasteiger partial charge in [-0.25, -0.2) is 0 Å². The van der Waals surface area contributed by atoms with Crippen molar-refractivity contribution < 1.29 is 79.5 Å². The molecule has 15 atom stereocenters. The van der Waals surface area contributed by atoms with E-state index in [4.69, 9.17) is 28.4 Å². The standard InChI is InChI=1S/C32H42O16/c1-13-21(35)24(38)27(41)30(44-13)43-12-20-23(37)26(40)29(48-31-28(42)25(39)22(36)14(2)45-31)32(47-20)46-19-10-16(9-18(34)11-19)4-3-15-5-7-17(33)8-6-15/h3-11,13-14,20-42H,12H2,1-2H3/b4-3-/t13-,14-,20+,21-,22-,23+,24+,25+,26-,27+,28+,29+,30+,31-,32+/m0/s1. The maximum absolute atomic E-state index is 11.2. The van der Waals surface area contributed by atoms with Crippen molar-refractivity contribution >= 4 is 12.2 Å². The van der Waals surface area contributed by atoms with Gasteiger partial charge in [0, 0.05) is 6.07 Å². The maximum Gasteiger partial charge on any atom is 0.229 e. The first-order valence-electron chi connectivity index (χ1n) is 15.4. The van der Waals surface area contributed by atoms with Gasteiger partial charge < -0.3 is 79.5 Å². The molecule has 0 bridgehead atoms. The Kier molecular flexibility index (Phi) is 11.6. The molecule has 5 rings (SSSR count). The van der Waals surface area contributed by atoms with Crippen molar-refractivity contribution in [3.8, 4) is 17.2 Å². The van der Waals surface area contributed by atoms with Gasteiger partial charge in [-0.15, -0.1) is 0 Å². The highest BCUT2D eigenvalue weighted by Crippen LogP contribution is 2.33. The number of ether oxygens (including phenoxy) is 6. The van der Waals surface area contributed by atoms with E-state index in [1.807, 2.05) is 0 Å². The number of rotatable bonds is 9. The summed E-state index contributed by atoms with van der Waals surface area (Å²) in [6, 6.07) is 10.6. The van der Waals surface area contributed by atoms with Gasteiger partial charge in [-0.2, -0.15) is 0 Å². The molecule has 2 aromatic carbocycles. The topological polar surface area (TPSA) is 258 Å². The van der Waals surface area contributed by atoms with E-state index < -0.39 is 98.7 Å². The van der Waals surface area contributed by atoms with Crippen LogP contribution >= 0.6 is 0 Å². The lowest BCUT2D eigenvalue weighted by Crippen LogP contribution is -2.65. The maximum atomic E-state index is 11.2. The molecule has 0 radical (unpaired) electrons. The van der Waals surface area contributed by atoms with Crippen LogP contribution in [-0.4, -0.2) is 150 Å². The minimum absolute atomic E-state index is 0.0214. The number of benzene rings is 2. The van der Waals surface area contributed by atoms with Gasteiger partial charge in [-0.3, -0.25) is 0 Å². The summed E-state index contributed by atoms with van der Waals surface area (Å²) in [4.78, 5) is 0. The van der Waals surface area contributed by atoms with Crippen LogP contribution in [0.4, 0.5) is 0 Å². The summed E-state index contributed by atoms with van der Waals surface area (Å²) in [5.41, 5.74) is 1.22. The lowest BCUT2D eigenvalue weighted by molar-refractivity contribution is -0.360. The van der Waals surface area contributed by atoms with Gasteiger partial charge in [0.1, 0.15) is 72.2 Å². The highest BCUT2D eigenvalue weighted by atomic mass is 16.8. The number of aliphatic hydroxyl groups excluding tert-OH is 8. The number of hydrogen-bond acceptors (Lipinski definition) is 16. The second kappa shape index (κ2) is 15.3. The van der Waals surface area contributed by atoms with E-state index in [2.05, 4.69) is 0 Å². The highest BCUT2D eigenvalue weighted by Gasteiger charge is 2.52. The summed E-state index contributed by atoms with van der Waals surface area (Å²) >= 11 is 0. The van der Waals surface area contributed by atoms with Gasteiger partial charge in [0.25, 0.3) is 0 Å². The Morgan fingerprint density at radius 2 is 1.17 bits per heavy atom. The zero-order valence-electron chi connectivity index (χ0n) is 26.0. The largest absolute Gasteiger partial charge is 0.508 e. The zero-order valence-corrected chi connectivity index (χ0v) is 26.0. The quantitative estimate of drug-likeness (QED) is 0.130. The molecule has 266 valence electrons. The molecule has 3 fully saturated rings. The van der Waals surface area contributed by atoms with Crippen molar-refractivity contribution in [2.24, 2.45) is 0 Å². The predicted octanol–water partition coefficient (Wildman–Crippen LogP) is -1.85. The van der Waals surface area contributed by atoms with E-state index in [0.29, 0.717) is 5.56 Å². The van der Waals surface area contributed by atoms with Crippen LogP contribution in [0.5, 0.6) is 17.2 Å². The van der Waals surface area contributed by atoms with Gasteiger partial charge in [-0.1, -0.05) is 24.3 Å². The smallest absolute Gasteiger partial charge is 0.229 e. The Morgan fingerprint density at radius 1 is 0.583 bits per heavy atom. The zero-order chi connectivity index (χ0) is 34.9. The van der Waals surface area contributed by atoms with Gasteiger partial charge in [0.2, 0.25) is 6.29 Å². The summed E-state index contributed by atoms with van der Waals surface area (Å²) in [6.07, 6.45) is -19.2. The lowest BCUT2D eigenvalue weighted by atomic mass is 9.97. The molecule has 3 aliphatic heterocycles.